The maximum atomic E-state index is 12.9. The molecule has 0 radical (unpaired) electrons. The molecule has 3 aromatic rings. The number of hydrogen-bond acceptors (Lipinski definition) is 8. The van der Waals surface area contributed by atoms with Gasteiger partial charge in [0.2, 0.25) is 0 Å². The molecule has 0 aliphatic heterocycles. The van der Waals surface area contributed by atoms with Crippen LogP contribution < -0.4 is 16.0 Å². The molecule has 1 saturated carbocycles. The number of pyridine rings is 1. The number of carbonyl (C=O) groups excluding carboxylic acids is 2. The summed E-state index contributed by atoms with van der Waals surface area (Å²) in [6.07, 6.45) is 9.49. The van der Waals surface area contributed by atoms with E-state index in [1.807, 2.05) is 6.07 Å². The first kappa shape index (κ1) is 18.4. The van der Waals surface area contributed by atoms with Crippen LogP contribution in [0.2, 0.25) is 0 Å². The molecular weight excluding hydrogens is 372 g/mol. The quantitative estimate of drug-likeness (QED) is 0.581. The molecular formula is C19H18N8O2. The first-order chi connectivity index (χ1) is 14.2. The molecule has 1 aliphatic carbocycles. The smallest absolute Gasteiger partial charge is 0.278 e. The Balaban J connectivity index is 1.61. The third-order valence-corrected chi connectivity index (χ3v) is 4.34. The normalized spacial score (nSPS) is 12.9. The number of amides is 2. The summed E-state index contributed by atoms with van der Waals surface area (Å²) in [5.74, 6) is -0.277. The monoisotopic (exact) mass is 390 g/mol. The van der Waals surface area contributed by atoms with Gasteiger partial charge in [-0.2, -0.15) is 0 Å². The Morgan fingerprint density at radius 1 is 1.00 bits per heavy atom. The Morgan fingerprint density at radius 2 is 1.76 bits per heavy atom. The van der Waals surface area contributed by atoms with Crippen LogP contribution in [0.4, 0.5) is 17.2 Å². The van der Waals surface area contributed by atoms with Gasteiger partial charge in [0.25, 0.3) is 11.8 Å². The van der Waals surface area contributed by atoms with Gasteiger partial charge < -0.3 is 16.0 Å². The minimum absolute atomic E-state index is 0.0606. The summed E-state index contributed by atoms with van der Waals surface area (Å²) in [6.45, 7) is 0. The fourth-order valence-electron chi connectivity index (χ4n) is 2.75. The molecule has 0 saturated heterocycles. The van der Waals surface area contributed by atoms with Gasteiger partial charge in [0.1, 0.15) is 6.33 Å². The van der Waals surface area contributed by atoms with Crippen molar-refractivity contribution >= 4 is 29.0 Å². The fourth-order valence-corrected chi connectivity index (χ4v) is 2.75. The summed E-state index contributed by atoms with van der Waals surface area (Å²) in [5, 5.41) is 8.24. The van der Waals surface area contributed by atoms with Gasteiger partial charge in [-0.25, -0.2) is 24.9 Å². The number of hydrogen-bond donors (Lipinski definition) is 3. The van der Waals surface area contributed by atoms with Crippen molar-refractivity contribution in [3.63, 3.8) is 0 Å². The number of carbonyl (C=O) groups is 2. The van der Waals surface area contributed by atoms with Crippen molar-refractivity contribution in [2.45, 2.75) is 18.8 Å². The third kappa shape index (κ3) is 4.15. The second kappa shape index (κ2) is 7.97. The van der Waals surface area contributed by atoms with Gasteiger partial charge in [0.15, 0.2) is 17.2 Å². The predicted octanol–water partition coefficient (Wildman–Crippen LogP) is 1.89. The van der Waals surface area contributed by atoms with E-state index >= 15 is 0 Å². The highest BCUT2D eigenvalue weighted by Gasteiger charge is 2.27. The van der Waals surface area contributed by atoms with E-state index in [0.29, 0.717) is 17.3 Å². The minimum Gasteiger partial charge on any atom is -0.354 e. The highest BCUT2D eigenvalue weighted by molar-refractivity contribution is 6.09. The van der Waals surface area contributed by atoms with Crippen molar-refractivity contribution < 1.29 is 9.59 Å². The zero-order valence-electron chi connectivity index (χ0n) is 15.6. The number of anilines is 3. The van der Waals surface area contributed by atoms with Gasteiger partial charge in [-0.3, -0.25) is 9.59 Å². The molecule has 0 spiro atoms. The largest absolute Gasteiger partial charge is 0.354 e. The van der Waals surface area contributed by atoms with E-state index in [9.17, 15) is 9.59 Å². The minimum atomic E-state index is -0.524. The molecule has 0 aromatic carbocycles. The summed E-state index contributed by atoms with van der Waals surface area (Å²) in [5.41, 5.74) is 1.94. The molecule has 4 rings (SSSR count). The van der Waals surface area contributed by atoms with Crippen molar-refractivity contribution in [2.75, 3.05) is 17.7 Å². The lowest BCUT2D eigenvalue weighted by molar-refractivity contribution is 0.0959. The molecule has 0 bridgehead atoms. The van der Waals surface area contributed by atoms with Crippen LogP contribution >= 0.6 is 0 Å². The van der Waals surface area contributed by atoms with Crippen LogP contribution in [0.15, 0.2) is 43.2 Å². The second-order valence-electron chi connectivity index (χ2n) is 6.45. The maximum Gasteiger partial charge on any atom is 0.278 e. The molecule has 0 unspecified atom stereocenters. The summed E-state index contributed by atoms with van der Waals surface area (Å²) in [6, 6.07) is 3.52. The standard InChI is InChI=1S/C19H18N8O2/c1-20-18(28)15-14(5-4-13(26-15)11-2-3-11)27-19(29)16-17(24-7-6-23-16)25-12-8-21-10-22-9-12/h4-11H,2-3H2,1H3,(H,20,28)(H,24,25)(H,27,29). The average molecular weight is 390 g/mol. The van der Waals surface area contributed by atoms with Gasteiger partial charge in [-0.1, -0.05) is 0 Å². The number of nitrogens with zero attached hydrogens (tertiary/aromatic N) is 5. The van der Waals surface area contributed by atoms with E-state index in [1.165, 1.54) is 25.8 Å². The van der Waals surface area contributed by atoms with Crippen molar-refractivity contribution in [3.05, 3.63) is 60.3 Å². The van der Waals surface area contributed by atoms with E-state index in [2.05, 4.69) is 40.9 Å². The van der Waals surface area contributed by atoms with Crippen LogP contribution in [0.25, 0.3) is 0 Å². The van der Waals surface area contributed by atoms with Crippen LogP contribution in [0.3, 0.4) is 0 Å². The van der Waals surface area contributed by atoms with Gasteiger partial charge in [-0.15, -0.1) is 0 Å². The van der Waals surface area contributed by atoms with Gasteiger partial charge in [-0.05, 0) is 25.0 Å². The van der Waals surface area contributed by atoms with Crippen molar-refractivity contribution in [1.82, 2.24) is 30.2 Å². The zero-order chi connectivity index (χ0) is 20.2. The molecule has 2 amide bonds. The average Bonchev–Trinajstić information content (AvgIpc) is 3.60. The zero-order valence-corrected chi connectivity index (χ0v) is 15.6. The van der Waals surface area contributed by atoms with Crippen molar-refractivity contribution in [2.24, 2.45) is 0 Å². The Labute approximate surface area is 166 Å². The molecule has 10 heteroatoms. The molecule has 3 aromatic heterocycles. The first-order valence-corrected chi connectivity index (χ1v) is 9.03. The summed E-state index contributed by atoms with van der Waals surface area (Å²) < 4.78 is 0. The topological polar surface area (TPSA) is 135 Å². The van der Waals surface area contributed by atoms with E-state index in [4.69, 9.17) is 0 Å². The summed E-state index contributed by atoms with van der Waals surface area (Å²) >= 11 is 0. The highest BCUT2D eigenvalue weighted by atomic mass is 16.2. The van der Waals surface area contributed by atoms with E-state index < -0.39 is 5.91 Å². The number of aromatic nitrogens is 5. The van der Waals surface area contributed by atoms with Crippen LogP contribution in [-0.4, -0.2) is 43.8 Å². The first-order valence-electron chi connectivity index (χ1n) is 9.03. The molecule has 29 heavy (non-hydrogen) atoms. The Bertz CT molecular complexity index is 1050. The number of rotatable bonds is 6. The fraction of sp³-hybridized carbons (Fsp3) is 0.211. The summed E-state index contributed by atoms with van der Waals surface area (Å²) in [7, 11) is 1.52. The maximum absolute atomic E-state index is 12.9. The van der Waals surface area contributed by atoms with E-state index in [0.717, 1.165) is 18.5 Å². The Hall–Kier alpha value is -3.95. The molecule has 146 valence electrons. The van der Waals surface area contributed by atoms with E-state index in [-0.39, 0.29) is 23.1 Å². The highest BCUT2D eigenvalue weighted by Crippen LogP contribution is 2.39. The SMILES string of the molecule is CNC(=O)c1nc(C2CC2)ccc1NC(=O)c1nccnc1Nc1cncnc1. The van der Waals surface area contributed by atoms with Crippen molar-refractivity contribution in [1.29, 1.82) is 0 Å². The van der Waals surface area contributed by atoms with Gasteiger partial charge in [0.05, 0.1) is 23.8 Å². The predicted molar refractivity (Wildman–Crippen MR) is 105 cm³/mol. The van der Waals surface area contributed by atoms with Crippen molar-refractivity contribution in [3.8, 4) is 0 Å². The molecule has 3 N–H and O–H groups in total. The van der Waals surface area contributed by atoms with Gasteiger partial charge in [0, 0.05) is 31.1 Å². The van der Waals surface area contributed by atoms with Crippen LogP contribution in [-0.2, 0) is 0 Å². The van der Waals surface area contributed by atoms with E-state index in [1.54, 1.807) is 18.5 Å². The van der Waals surface area contributed by atoms with Crippen LogP contribution in [0.5, 0.6) is 0 Å². The lowest BCUT2D eigenvalue weighted by atomic mass is 10.2. The molecule has 0 atom stereocenters. The molecule has 1 aliphatic rings. The lowest BCUT2D eigenvalue weighted by Gasteiger charge is -2.12. The lowest BCUT2D eigenvalue weighted by Crippen LogP contribution is -2.24. The Kier molecular flexibility index (Phi) is 5.06. The van der Waals surface area contributed by atoms with Crippen LogP contribution in [0, 0.1) is 0 Å². The molecule has 10 nitrogen and oxygen atoms in total. The molecule has 1 fully saturated rings. The second-order valence-corrected chi connectivity index (χ2v) is 6.45. The van der Waals surface area contributed by atoms with Gasteiger partial charge >= 0.3 is 0 Å². The number of nitrogens with one attached hydrogen (secondary N) is 3. The summed E-state index contributed by atoms with van der Waals surface area (Å²) in [4.78, 5) is 45.7. The molecule has 3 heterocycles. The van der Waals surface area contributed by atoms with Crippen LogP contribution in [0.1, 0.15) is 45.4 Å². The Morgan fingerprint density at radius 3 is 2.48 bits per heavy atom. The third-order valence-electron chi connectivity index (χ3n) is 4.34.